The van der Waals surface area contributed by atoms with Crippen molar-refractivity contribution in [2.45, 2.75) is 32.7 Å². The SMILES string of the molecule is CCNC(=O)c1noc(C(C)(N)CC)n1. The Hall–Kier alpha value is -1.43. The summed E-state index contributed by atoms with van der Waals surface area (Å²) in [6, 6.07) is 0. The van der Waals surface area contributed by atoms with Crippen LogP contribution in [0.1, 0.15) is 43.7 Å². The van der Waals surface area contributed by atoms with E-state index in [2.05, 4.69) is 15.5 Å². The van der Waals surface area contributed by atoms with Crippen molar-refractivity contribution < 1.29 is 9.32 Å². The molecule has 84 valence electrons. The summed E-state index contributed by atoms with van der Waals surface area (Å²) in [6.07, 6.45) is 0.657. The predicted molar refractivity (Wildman–Crippen MR) is 54.1 cm³/mol. The molecule has 6 nitrogen and oxygen atoms in total. The number of rotatable bonds is 4. The monoisotopic (exact) mass is 212 g/mol. The molecule has 1 amide bonds. The van der Waals surface area contributed by atoms with Gasteiger partial charge in [-0.1, -0.05) is 12.1 Å². The molecule has 1 aromatic heterocycles. The van der Waals surface area contributed by atoms with Gasteiger partial charge in [0.15, 0.2) is 0 Å². The molecule has 3 N–H and O–H groups in total. The van der Waals surface area contributed by atoms with Crippen LogP contribution in [0.25, 0.3) is 0 Å². The molecule has 1 heterocycles. The maximum atomic E-state index is 11.3. The van der Waals surface area contributed by atoms with Gasteiger partial charge in [-0.2, -0.15) is 4.98 Å². The van der Waals surface area contributed by atoms with Crippen LogP contribution in [0.5, 0.6) is 0 Å². The summed E-state index contributed by atoms with van der Waals surface area (Å²) in [5.74, 6) is -0.0392. The summed E-state index contributed by atoms with van der Waals surface area (Å²) in [5, 5.41) is 6.15. The predicted octanol–water partition coefficient (Wildman–Crippen LogP) is 0.403. The number of carbonyl (C=O) groups excluding carboxylic acids is 1. The Bertz CT molecular complexity index is 346. The number of hydrogen-bond donors (Lipinski definition) is 2. The number of hydrogen-bond acceptors (Lipinski definition) is 5. The van der Waals surface area contributed by atoms with Crippen LogP contribution in [0, 0.1) is 0 Å². The van der Waals surface area contributed by atoms with Crippen LogP contribution in [0.2, 0.25) is 0 Å². The highest BCUT2D eigenvalue weighted by atomic mass is 16.5. The fourth-order valence-electron chi connectivity index (χ4n) is 0.939. The standard InChI is InChI=1S/C9H16N4O2/c1-4-9(3,10)8-12-6(13-15-8)7(14)11-5-2/h4-5,10H2,1-3H3,(H,11,14). The average Bonchev–Trinajstić information content (AvgIpc) is 2.67. The minimum atomic E-state index is -0.683. The van der Waals surface area contributed by atoms with E-state index in [1.807, 2.05) is 13.8 Å². The molecule has 0 aliphatic rings. The zero-order chi connectivity index (χ0) is 11.5. The van der Waals surface area contributed by atoms with E-state index >= 15 is 0 Å². The molecule has 0 fully saturated rings. The molecule has 6 heteroatoms. The summed E-state index contributed by atoms with van der Waals surface area (Å²) >= 11 is 0. The largest absolute Gasteiger partial charge is 0.349 e. The number of amides is 1. The maximum absolute atomic E-state index is 11.3. The fourth-order valence-corrected chi connectivity index (χ4v) is 0.939. The molecule has 15 heavy (non-hydrogen) atoms. The molecular weight excluding hydrogens is 196 g/mol. The fraction of sp³-hybridized carbons (Fsp3) is 0.667. The van der Waals surface area contributed by atoms with E-state index in [0.29, 0.717) is 13.0 Å². The van der Waals surface area contributed by atoms with Crippen molar-refractivity contribution in [1.29, 1.82) is 0 Å². The highest BCUT2D eigenvalue weighted by molar-refractivity contribution is 5.90. The molecule has 1 aromatic rings. The number of nitrogens with zero attached hydrogens (tertiary/aromatic N) is 2. The first kappa shape index (κ1) is 11.6. The molecule has 0 radical (unpaired) electrons. The normalized spacial score (nSPS) is 14.7. The third-order valence-corrected chi connectivity index (χ3v) is 2.19. The van der Waals surface area contributed by atoms with Gasteiger partial charge in [-0.15, -0.1) is 0 Å². The van der Waals surface area contributed by atoms with E-state index in [-0.39, 0.29) is 17.6 Å². The van der Waals surface area contributed by atoms with Crippen molar-refractivity contribution in [2.75, 3.05) is 6.54 Å². The Morgan fingerprint density at radius 1 is 1.60 bits per heavy atom. The molecular formula is C9H16N4O2. The Kier molecular flexibility index (Phi) is 3.41. The molecule has 0 aliphatic carbocycles. The van der Waals surface area contributed by atoms with E-state index in [9.17, 15) is 4.79 Å². The molecule has 0 bridgehead atoms. The van der Waals surface area contributed by atoms with Gasteiger partial charge in [-0.25, -0.2) is 0 Å². The molecule has 0 saturated heterocycles. The highest BCUT2D eigenvalue weighted by Gasteiger charge is 2.27. The van der Waals surface area contributed by atoms with Crippen LogP contribution < -0.4 is 11.1 Å². The van der Waals surface area contributed by atoms with Gasteiger partial charge < -0.3 is 15.6 Å². The number of nitrogens with one attached hydrogen (secondary N) is 1. The van der Waals surface area contributed by atoms with Crippen molar-refractivity contribution in [3.05, 3.63) is 11.7 Å². The second kappa shape index (κ2) is 4.39. The summed E-state index contributed by atoms with van der Waals surface area (Å²) in [4.78, 5) is 15.3. The van der Waals surface area contributed by atoms with Crippen molar-refractivity contribution in [2.24, 2.45) is 5.73 Å². The first-order valence-electron chi connectivity index (χ1n) is 4.92. The first-order valence-corrected chi connectivity index (χ1v) is 4.92. The van der Waals surface area contributed by atoms with Crippen molar-refractivity contribution in [3.63, 3.8) is 0 Å². The van der Waals surface area contributed by atoms with Crippen LogP contribution in [0.4, 0.5) is 0 Å². The highest BCUT2D eigenvalue weighted by Crippen LogP contribution is 2.18. The Balaban J connectivity index is 2.85. The van der Waals surface area contributed by atoms with Crippen LogP contribution in [0.15, 0.2) is 4.52 Å². The molecule has 0 aliphatic heterocycles. The molecule has 0 aromatic carbocycles. The van der Waals surface area contributed by atoms with Crippen molar-refractivity contribution in [1.82, 2.24) is 15.5 Å². The van der Waals surface area contributed by atoms with Gasteiger partial charge in [0.25, 0.3) is 11.7 Å². The minimum absolute atomic E-state index is 0.0250. The van der Waals surface area contributed by atoms with Gasteiger partial charge in [0.05, 0.1) is 5.54 Å². The molecule has 0 saturated carbocycles. The summed E-state index contributed by atoms with van der Waals surface area (Å²) in [5.41, 5.74) is 5.21. The lowest BCUT2D eigenvalue weighted by Crippen LogP contribution is -2.32. The van der Waals surface area contributed by atoms with Crippen molar-refractivity contribution >= 4 is 5.91 Å². The van der Waals surface area contributed by atoms with E-state index in [1.54, 1.807) is 6.92 Å². The van der Waals surface area contributed by atoms with Gasteiger partial charge in [-0.05, 0) is 20.3 Å². The van der Waals surface area contributed by atoms with E-state index in [0.717, 1.165) is 0 Å². The second-order valence-electron chi connectivity index (χ2n) is 3.55. The number of nitrogens with two attached hydrogens (primary N) is 1. The quantitative estimate of drug-likeness (QED) is 0.753. The Labute approximate surface area is 88.2 Å². The Morgan fingerprint density at radius 3 is 2.80 bits per heavy atom. The van der Waals surface area contributed by atoms with Crippen LogP contribution in [0.3, 0.4) is 0 Å². The zero-order valence-electron chi connectivity index (χ0n) is 9.20. The average molecular weight is 212 g/mol. The number of carbonyl (C=O) groups is 1. The van der Waals surface area contributed by atoms with Crippen LogP contribution >= 0.6 is 0 Å². The van der Waals surface area contributed by atoms with E-state index in [4.69, 9.17) is 10.3 Å². The molecule has 0 spiro atoms. The van der Waals surface area contributed by atoms with Crippen molar-refractivity contribution in [3.8, 4) is 0 Å². The zero-order valence-corrected chi connectivity index (χ0v) is 9.20. The second-order valence-corrected chi connectivity index (χ2v) is 3.55. The van der Waals surface area contributed by atoms with Gasteiger partial charge in [0.2, 0.25) is 5.89 Å². The Morgan fingerprint density at radius 2 is 2.27 bits per heavy atom. The van der Waals surface area contributed by atoms with E-state index in [1.165, 1.54) is 0 Å². The van der Waals surface area contributed by atoms with Crippen LogP contribution in [-0.2, 0) is 5.54 Å². The van der Waals surface area contributed by atoms with Gasteiger partial charge in [0, 0.05) is 6.54 Å². The number of aromatic nitrogens is 2. The maximum Gasteiger partial charge on any atom is 0.292 e. The van der Waals surface area contributed by atoms with Gasteiger partial charge in [0.1, 0.15) is 0 Å². The van der Waals surface area contributed by atoms with Crippen LogP contribution in [-0.4, -0.2) is 22.6 Å². The summed E-state index contributed by atoms with van der Waals surface area (Å²) < 4.78 is 4.94. The topological polar surface area (TPSA) is 94.0 Å². The van der Waals surface area contributed by atoms with E-state index < -0.39 is 5.54 Å². The third kappa shape index (κ3) is 2.53. The lowest BCUT2D eigenvalue weighted by atomic mass is 10.0. The van der Waals surface area contributed by atoms with Gasteiger partial charge in [-0.3, -0.25) is 4.79 Å². The molecule has 1 unspecified atom stereocenters. The minimum Gasteiger partial charge on any atom is -0.349 e. The smallest absolute Gasteiger partial charge is 0.292 e. The molecule has 1 atom stereocenters. The lowest BCUT2D eigenvalue weighted by molar-refractivity contribution is 0.0942. The summed E-state index contributed by atoms with van der Waals surface area (Å²) in [6.45, 7) is 6.03. The first-order chi connectivity index (χ1) is 7.01. The van der Waals surface area contributed by atoms with Gasteiger partial charge >= 0.3 is 0 Å². The molecule has 1 rings (SSSR count). The third-order valence-electron chi connectivity index (χ3n) is 2.19. The lowest BCUT2D eigenvalue weighted by Gasteiger charge is -2.16. The summed E-state index contributed by atoms with van der Waals surface area (Å²) in [7, 11) is 0.